The van der Waals surface area contributed by atoms with Gasteiger partial charge in [0.2, 0.25) is 0 Å². The third kappa shape index (κ3) is 5.16. The molecular weight excluding hydrogens is 476 g/mol. The Morgan fingerprint density at radius 3 is 2.62 bits per heavy atom. The lowest BCUT2D eigenvalue weighted by atomic mass is 9.79. The van der Waals surface area contributed by atoms with E-state index in [1.165, 1.54) is 12.1 Å². The van der Waals surface area contributed by atoms with Gasteiger partial charge < -0.3 is 23.0 Å². The molecule has 192 valence electrons. The van der Waals surface area contributed by atoms with Crippen LogP contribution in [0.2, 0.25) is 0 Å². The molecule has 2 aromatic heterocycles. The number of carbonyl (C=O) groups excluding carboxylic acids is 2. The first-order chi connectivity index (χ1) is 18.1. The zero-order valence-corrected chi connectivity index (χ0v) is 20.7. The van der Waals surface area contributed by atoms with E-state index in [9.17, 15) is 9.59 Å². The number of hydrogen-bond acceptors (Lipinski definition) is 8. The summed E-state index contributed by atoms with van der Waals surface area (Å²) in [5.41, 5.74) is 2.56. The van der Waals surface area contributed by atoms with Crippen LogP contribution in [0.1, 0.15) is 42.4 Å². The Bertz CT molecular complexity index is 1310. The van der Waals surface area contributed by atoms with Crippen LogP contribution in [0.4, 0.5) is 0 Å². The highest BCUT2D eigenvalue weighted by molar-refractivity contribution is 6.08. The molecule has 3 aromatic rings. The number of carbonyl (C=O) groups is 2. The van der Waals surface area contributed by atoms with Crippen molar-refractivity contribution in [2.45, 2.75) is 31.7 Å². The molecule has 2 unspecified atom stereocenters. The van der Waals surface area contributed by atoms with Crippen LogP contribution in [0, 0.1) is 5.92 Å². The van der Waals surface area contributed by atoms with Gasteiger partial charge >= 0.3 is 5.97 Å². The van der Waals surface area contributed by atoms with Crippen LogP contribution < -0.4 is 9.47 Å². The predicted molar refractivity (Wildman–Crippen MR) is 134 cm³/mol. The van der Waals surface area contributed by atoms with E-state index in [4.69, 9.17) is 28.1 Å². The molecule has 9 nitrogen and oxygen atoms in total. The van der Waals surface area contributed by atoms with Crippen LogP contribution >= 0.6 is 0 Å². The normalized spacial score (nSPS) is 19.9. The molecule has 37 heavy (non-hydrogen) atoms. The lowest BCUT2D eigenvalue weighted by Crippen LogP contribution is -2.34. The molecule has 1 aliphatic heterocycles. The average Bonchev–Trinajstić information content (AvgIpc) is 3.68. The summed E-state index contributed by atoms with van der Waals surface area (Å²) in [5, 5.41) is 6.13. The second-order valence-electron chi connectivity index (χ2n) is 8.89. The average molecular weight is 505 g/mol. The fourth-order valence-corrected chi connectivity index (χ4v) is 4.91. The van der Waals surface area contributed by atoms with Gasteiger partial charge in [-0.1, -0.05) is 6.07 Å². The molecule has 2 aliphatic rings. The highest BCUT2D eigenvalue weighted by atomic mass is 16.5. The third-order valence-electron chi connectivity index (χ3n) is 6.60. The number of allylic oxidation sites excluding steroid dienone is 1. The number of ether oxygens (including phenoxy) is 3. The van der Waals surface area contributed by atoms with E-state index in [1.54, 1.807) is 43.9 Å². The van der Waals surface area contributed by atoms with Gasteiger partial charge in [-0.05, 0) is 72.9 Å². The first-order valence-electron chi connectivity index (χ1n) is 12.1. The summed E-state index contributed by atoms with van der Waals surface area (Å²) in [4.78, 5) is 25.8. The fraction of sp³-hybridized carbons (Fsp3) is 0.321. The molecular formula is C28H28N2O7. The molecule has 0 bridgehead atoms. The van der Waals surface area contributed by atoms with Crippen LogP contribution in [0.5, 0.6) is 11.5 Å². The number of esters is 1. The lowest BCUT2D eigenvalue weighted by molar-refractivity contribution is -0.152. The Hall–Kier alpha value is -4.27. The van der Waals surface area contributed by atoms with Crippen LogP contribution in [0.3, 0.4) is 0 Å². The Morgan fingerprint density at radius 2 is 1.89 bits per heavy atom. The third-order valence-corrected chi connectivity index (χ3v) is 6.60. The van der Waals surface area contributed by atoms with E-state index in [0.717, 1.165) is 36.3 Å². The Balaban J connectivity index is 1.31. The number of rotatable bonds is 8. The highest BCUT2D eigenvalue weighted by Gasteiger charge is 2.45. The van der Waals surface area contributed by atoms with E-state index < -0.39 is 24.5 Å². The van der Waals surface area contributed by atoms with Gasteiger partial charge in [0.25, 0.3) is 5.91 Å². The maximum Gasteiger partial charge on any atom is 0.310 e. The summed E-state index contributed by atoms with van der Waals surface area (Å²) in [7, 11) is 3.07. The van der Waals surface area contributed by atoms with Crippen molar-refractivity contribution in [3.8, 4) is 11.5 Å². The molecule has 0 spiro atoms. The van der Waals surface area contributed by atoms with Crippen LogP contribution in [0.15, 0.2) is 74.5 Å². The Labute approximate surface area is 214 Å². The quantitative estimate of drug-likeness (QED) is 0.406. The molecule has 1 aromatic carbocycles. The van der Waals surface area contributed by atoms with Gasteiger partial charge in [0.15, 0.2) is 18.1 Å². The number of hydrogen-bond donors (Lipinski definition) is 0. The van der Waals surface area contributed by atoms with Crippen molar-refractivity contribution < 1.29 is 32.6 Å². The van der Waals surface area contributed by atoms with Gasteiger partial charge in [-0.3, -0.25) is 9.59 Å². The van der Waals surface area contributed by atoms with E-state index in [1.807, 2.05) is 24.3 Å². The molecule has 1 aliphatic carbocycles. The molecule has 1 fully saturated rings. The van der Waals surface area contributed by atoms with Gasteiger partial charge in [-0.2, -0.15) is 5.10 Å². The van der Waals surface area contributed by atoms with E-state index >= 15 is 0 Å². The van der Waals surface area contributed by atoms with Crippen LogP contribution in [-0.4, -0.2) is 43.4 Å². The maximum absolute atomic E-state index is 13.3. The molecule has 2 atom stereocenters. The standard InChI is InChI=1S/C28H28N2O7/c1-33-22-11-10-18(14-24(22)34-2)15-26(32)37-17-25(31)30-28(23-9-5-13-36-23)21-8-3-6-19(27(21)29-30)16-20-7-4-12-35-20/h4-5,7,9-14,16,21,28H,3,6,8,15,17H2,1-2H3. The largest absolute Gasteiger partial charge is 0.493 e. The second-order valence-corrected chi connectivity index (χ2v) is 8.89. The Morgan fingerprint density at radius 1 is 1.08 bits per heavy atom. The number of amides is 1. The number of fused-ring (bicyclic) bond motifs is 1. The minimum Gasteiger partial charge on any atom is -0.493 e. The van der Waals surface area contributed by atoms with E-state index in [2.05, 4.69) is 0 Å². The smallest absolute Gasteiger partial charge is 0.310 e. The minimum atomic E-state index is -0.530. The zero-order valence-electron chi connectivity index (χ0n) is 20.7. The lowest BCUT2D eigenvalue weighted by Gasteiger charge is -2.27. The second kappa shape index (κ2) is 10.8. The van der Waals surface area contributed by atoms with Crippen molar-refractivity contribution in [1.29, 1.82) is 0 Å². The number of benzene rings is 1. The summed E-state index contributed by atoms with van der Waals surface area (Å²) >= 11 is 0. The summed E-state index contributed by atoms with van der Waals surface area (Å²) in [6, 6.07) is 12.1. The molecule has 3 heterocycles. The molecule has 0 radical (unpaired) electrons. The summed E-state index contributed by atoms with van der Waals surface area (Å²) < 4.78 is 27.1. The van der Waals surface area contributed by atoms with Gasteiger partial charge in [-0.15, -0.1) is 0 Å². The van der Waals surface area contributed by atoms with E-state index in [0.29, 0.717) is 22.8 Å². The van der Waals surface area contributed by atoms with Crippen LogP contribution in [-0.2, 0) is 20.7 Å². The van der Waals surface area contributed by atoms with Crippen molar-refractivity contribution in [2.75, 3.05) is 20.8 Å². The summed E-state index contributed by atoms with van der Waals surface area (Å²) in [6.07, 6.45) is 7.83. The first-order valence-corrected chi connectivity index (χ1v) is 12.1. The van der Waals surface area contributed by atoms with Gasteiger partial charge in [0.05, 0.1) is 38.9 Å². The van der Waals surface area contributed by atoms with Crippen LogP contribution in [0.25, 0.3) is 6.08 Å². The van der Waals surface area contributed by atoms with Gasteiger partial charge in [-0.25, -0.2) is 5.01 Å². The maximum atomic E-state index is 13.3. The molecule has 9 heteroatoms. The van der Waals surface area contributed by atoms with Crippen molar-refractivity contribution in [2.24, 2.45) is 11.0 Å². The minimum absolute atomic E-state index is 0.0115. The van der Waals surface area contributed by atoms with Crippen molar-refractivity contribution in [3.05, 3.63) is 77.6 Å². The molecule has 5 rings (SSSR count). The van der Waals surface area contributed by atoms with Crippen molar-refractivity contribution >= 4 is 23.7 Å². The SMILES string of the molecule is COc1ccc(CC(=O)OCC(=O)N2N=C3C(=Cc4ccco4)CCCC3C2c2ccco2)cc1OC. The van der Waals surface area contributed by atoms with E-state index in [-0.39, 0.29) is 12.3 Å². The molecule has 0 saturated heterocycles. The number of methoxy groups -OCH3 is 2. The van der Waals surface area contributed by atoms with Crippen molar-refractivity contribution in [1.82, 2.24) is 5.01 Å². The fourth-order valence-electron chi connectivity index (χ4n) is 4.91. The van der Waals surface area contributed by atoms with Crippen molar-refractivity contribution in [3.63, 3.8) is 0 Å². The summed E-state index contributed by atoms with van der Waals surface area (Å²) in [6.45, 7) is -0.427. The molecule has 1 amide bonds. The van der Waals surface area contributed by atoms with Gasteiger partial charge in [0.1, 0.15) is 17.6 Å². The number of furan rings is 2. The molecule has 1 saturated carbocycles. The summed E-state index contributed by atoms with van der Waals surface area (Å²) in [5.74, 6) is 1.49. The topological polar surface area (TPSA) is 104 Å². The number of nitrogens with zero attached hydrogens (tertiary/aromatic N) is 2. The number of hydrazone groups is 1. The highest BCUT2D eigenvalue weighted by Crippen LogP contribution is 2.44. The zero-order chi connectivity index (χ0) is 25.8. The molecule has 0 N–H and O–H groups in total. The Kier molecular flexibility index (Phi) is 7.11. The monoisotopic (exact) mass is 504 g/mol. The first kappa shape index (κ1) is 24.4. The van der Waals surface area contributed by atoms with Gasteiger partial charge in [0, 0.05) is 5.92 Å². The predicted octanol–water partition coefficient (Wildman–Crippen LogP) is 4.80.